The molecule has 1 aliphatic heterocycles. The van der Waals surface area contributed by atoms with Gasteiger partial charge >= 0.3 is 0 Å². The van der Waals surface area contributed by atoms with Gasteiger partial charge in [-0.2, -0.15) is 0 Å². The van der Waals surface area contributed by atoms with E-state index < -0.39 is 0 Å². The van der Waals surface area contributed by atoms with Crippen molar-refractivity contribution in [1.82, 2.24) is 4.90 Å². The zero-order valence-electron chi connectivity index (χ0n) is 10.8. The molecule has 1 atom stereocenters. The predicted molar refractivity (Wildman–Crippen MR) is 78.6 cm³/mol. The molecule has 0 amide bonds. The zero-order valence-corrected chi connectivity index (χ0v) is 12.3. The van der Waals surface area contributed by atoms with Crippen LogP contribution in [0.1, 0.15) is 13.3 Å². The maximum atomic E-state index is 5.87. The minimum absolute atomic E-state index is 0.430. The Hall–Kier alpha value is -0.220. The van der Waals surface area contributed by atoms with Crippen LogP contribution in [-0.4, -0.2) is 43.0 Å². The van der Waals surface area contributed by atoms with Crippen LogP contribution in [0.5, 0.6) is 0 Å². The molecule has 100 valence electrons. The second-order valence-electron chi connectivity index (χ2n) is 4.50. The first kappa shape index (κ1) is 14.2. The Kier molecular flexibility index (Phi) is 5.83. The lowest BCUT2D eigenvalue weighted by Gasteiger charge is -2.32. The smallest absolute Gasteiger partial charge is 0.0700 e. The predicted octanol–water partition coefficient (Wildman–Crippen LogP) is 3.54. The molecule has 1 aliphatic rings. The van der Waals surface area contributed by atoms with E-state index in [-0.39, 0.29) is 0 Å². The Labute approximate surface area is 119 Å². The van der Waals surface area contributed by atoms with Crippen LogP contribution in [0, 0.1) is 0 Å². The summed E-state index contributed by atoms with van der Waals surface area (Å²) in [5.74, 6) is 1.12. The highest BCUT2D eigenvalue weighted by molar-refractivity contribution is 7.99. The molecule has 0 radical (unpaired) electrons. The van der Waals surface area contributed by atoms with Gasteiger partial charge in [0.2, 0.25) is 0 Å². The van der Waals surface area contributed by atoms with Gasteiger partial charge in [0.1, 0.15) is 0 Å². The molecule has 1 saturated heterocycles. The summed E-state index contributed by atoms with van der Waals surface area (Å²) in [4.78, 5) is 3.79. The highest BCUT2D eigenvalue weighted by atomic mass is 35.5. The number of ether oxygens (including phenoxy) is 1. The van der Waals surface area contributed by atoms with Crippen molar-refractivity contribution < 1.29 is 4.74 Å². The minimum Gasteiger partial charge on any atom is -0.376 e. The molecular formula is C14H20ClNOS. The molecule has 0 N–H and O–H groups in total. The number of hydrogen-bond acceptors (Lipinski definition) is 3. The van der Waals surface area contributed by atoms with Crippen molar-refractivity contribution in [3.63, 3.8) is 0 Å². The molecule has 2 rings (SSSR count). The molecule has 0 aliphatic carbocycles. The third kappa shape index (κ3) is 4.47. The Morgan fingerprint density at radius 3 is 2.89 bits per heavy atom. The molecule has 0 saturated carbocycles. The normalized spacial score (nSPS) is 21.1. The number of nitrogens with zero attached hydrogens (tertiary/aromatic N) is 1. The number of halogens is 1. The molecule has 1 aromatic carbocycles. The monoisotopic (exact) mass is 285 g/mol. The van der Waals surface area contributed by atoms with E-state index in [1.807, 2.05) is 23.9 Å². The van der Waals surface area contributed by atoms with Gasteiger partial charge in [0.25, 0.3) is 0 Å². The molecule has 1 fully saturated rings. The Morgan fingerprint density at radius 1 is 1.39 bits per heavy atom. The summed E-state index contributed by atoms with van der Waals surface area (Å²) in [7, 11) is 0. The van der Waals surface area contributed by atoms with Crippen molar-refractivity contribution in [2.75, 3.05) is 32.0 Å². The molecule has 1 unspecified atom stereocenters. The van der Waals surface area contributed by atoms with Crippen molar-refractivity contribution in [1.29, 1.82) is 0 Å². The van der Waals surface area contributed by atoms with Gasteiger partial charge in [0.15, 0.2) is 0 Å². The third-order valence-corrected chi connectivity index (χ3v) is 4.41. The van der Waals surface area contributed by atoms with Crippen LogP contribution in [0.25, 0.3) is 0 Å². The van der Waals surface area contributed by atoms with E-state index in [4.69, 9.17) is 16.3 Å². The van der Waals surface area contributed by atoms with Gasteiger partial charge in [0.05, 0.1) is 12.7 Å². The lowest BCUT2D eigenvalue weighted by molar-refractivity contribution is -0.0274. The Balaban J connectivity index is 1.70. The maximum absolute atomic E-state index is 5.87. The first-order valence-corrected chi connectivity index (χ1v) is 7.86. The second kappa shape index (κ2) is 7.39. The van der Waals surface area contributed by atoms with Crippen molar-refractivity contribution in [3.8, 4) is 0 Å². The highest BCUT2D eigenvalue weighted by Crippen LogP contribution is 2.20. The SMILES string of the molecule is CCC1CN(CCSc2ccc(Cl)cc2)CCO1. The number of thioether (sulfide) groups is 1. The molecule has 0 spiro atoms. The van der Waals surface area contributed by atoms with E-state index >= 15 is 0 Å². The topological polar surface area (TPSA) is 12.5 Å². The standard InChI is InChI=1S/C14H20ClNOS/c1-2-13-11-16(7-9-17-13)8-10-18-14-5-3-12(15)4-6-14/h3-6,13H,2,7-11H2,1H3. The van der Waals surface area contributed by atoms with Crippen LogP contribution in [0.4, 0.5) is 0 Å². The first-order valence-electron chi connectivity index (χ1n) is 6.50. The quantitative estimate of drug-likeness (QED) is 0.768. The van der Waals surface area contributed by atoms with Crippen LogP contribution in [0.2, 0.25) is 5.02 Å². The summed E-state index contributed by atoms with van der Waals surface area (Å²) >= 11 is 7.76. The summed E-state index contributed by atoms with van der Waals surface area (Å²) in [6.07, 6.45) is 1.54. The average Bonchev–Trinajstić information content (AvgIpc) is 2.41. The molecule has 18 heavy (non-hydrogen) atoms. The Morgan fingerprint density at radius 2 is 2.17 bits per heavy atom. The summed E-state index contributed by atoms with van der Waals surface area (Å²) in [6.45, 7) is 6.35. The minimum atomic E-state index is 0.430. The fraction of sp³-hybridized carbons (Fsp3) is 0.571. The summed E-state index contributed by atoms with van der Waals surface area (Å²) < 4.78 is 5.67. The van der Waals surface area contributed by atoms with Gasteiger partial charge in [-0.05, 0) is 30.7 Å². The van der Waals surface area contributed by atoms with Gasteiger partial charge < -0.3 is 4.74 Å². The molecule has 0 bridgehead atoms. The summed E-state index contributed by atoms with van der Waals surface area (Å²) in [6, 6.07) is 8.07. The number of morpholine rings is 1. The van der Waals surface area contributed by atoms with Crippen LogP contribution >= 0.6 is 23.4 Å². The molecule has 1 heterocycles. The van der Waals surface area contributed by atoms with Gasteiger partial charge in [-0.1, -0.05) is 18.5 Å². The lowest BCUT2D eigenvalue weighted by atomic mass is 10.2. The van der Waals surface area contributed by atoms with Gasteiger partial charge in [-0.15, -0.1) is 11.8 Å². The van der Waals surface area contributed by atoms with Crippen LogP contribution in [0.15, 0.2) is 29.2 Å². The van der Waals surface area contributed by atoms with E-state index in [0.29, 0.717) is 6.10 Å². The largest absolute Gasteiger partial charge is 0.376 e. The fourth-order valence-corrected chi connectivity index (χ4v) is 3.09. The van der Waals surface area contributed by atoms with Crippen LogP contribution in [0.3, 0.4) is 0 Å². The first-order chi connectivity index (χ1) is 8.78. The van der Waals surface area contributed by atoms with E-state index in [1.54, 1.807) is 0 Å². The van der Waals surface area contributed by atoms with E-state index in [1.165, 1.54) is 4.90 Å². The van der Waals surface area contributed by atoms with Gasteiger partial charge in [0, 0.05) is 35.3 Å². The maximum Gasteiger partial charge on any atom is 0.0700 e. The highest BCUT2D eigenvalue weighted by Gasteiger charge is 2.18. The van der Waals surface area contributed by atoms with E-state index in [9.17, 15) is 0 Å². The molecule has 4 heteroatoms. The molecule has 0 aromatic heterocycles. The average molecular weight is 286 g/mol. The molecule has 2 nitrogen and oxygen atoms in total. The third-order valence-electron chi connectivity index (χ3n) is 3.17. The van der Waals surface area contributed by atoms with Crippen LogP contribution in [-0.2, 0) is 4.74 Å². The summed E-state index contributed by atoms with van der Waals surface area (Å²) in [5.41, 5.74) is 0. The van der Waals surface area contributed by atoms with Crippen LogP contribution < -0.4 is 0 Å². The number of rotatable bonds is 5. The summed E-state index contributed by atoms with van der Waals surface area (Å²) in [5, 5.41) is 0.804. The molecule has 1 aromatic rings. The van der Waals surface area contributed by atoms with Crippen molar-refractivity contribution >= 4 is 23.4 Å². The molecular weight excluding hydrogens is 266 g/mol. The zero-order chi connectivity index (χ0) is 12.8. The van der Waals surface area contributed by atoms with E-state index in [0.717, 1.165) is 43.4 Å². The number of benzene rings is 1. The van der Waals surface area contributed by atoms with Gasteiger partial charge in [-0.25, -0.2) is 0 Å². The van der Waals surface area contributed by atoms with Crippen molar-refractivity contribution in [3.05, 3.63) is 29.3 Å². The Bertz CT molecular complexity index is 357. The number of hydrogen-bond donors (Lipinski definition) is 0. The van der Waals surface area contributed by atoms with Crippen molar-refractivity contribution in [2.45, 2.75) is 24.3 Å². The fourth-order valence-electron chi connectivity index (χ4n) is 2.05. The van der Waals surface area contributed by atoms with Gasteiger partial charge in [-0.3, -0.25) is 4.90 Å². The second-order valence-corrected chi connectivity index (χ2v) is 6.11. The van der Waals surface area contributed by atoms with Crippen molar-refractivity contribution in [2.24, 2.45) is 0 Å². The lowest BCUT2D eigenvalue weighted by Crippen LogP contribution is -2.43. The van der Waals surface area contributed by atoms with E-state index in [2.05, 4.69) is 24.0 Å².